The number of rotatable bonds is 7. The Kier molecular flexibility index (Phi) is 9.52. The quantitative estimate of drug-likeness (QED) is 0.210. The summed E-state index contributed by atoms with van der Waals surface area (Å²) in [6, 6.07) is 2.94. The molecule has 8 nitrogen and oxygen atoms in total. The fraction of sp³-hybridized carbons (Fsp3) is 0.357. The fourth-order valence-corrected chi connectivity index (χ4v) is 3.59. The number of nitrogens with one attached hydrogen (secondary N) is 3. The summed E-state index contributed by atoms with van der Waals surface area (Å²) >= 11 is 0.884. The molecule has 0 aliphatic carbocycles. The van der Waals surface area contributed by atoms with E-state index in [1.54, 1.807) is 0 Å². The molecule has 156 valence electrons. The van der Waals surface area contributed by atoms with Crippen molar-refractivity contribution in [1.29, 1.82) is 0 Å². The maximum Gasteiger partial charge on any atom is 0.434 e. The molecule has 0 aliphatic heterocycles. The van der Waals surface area contributed by atoms with E-state index in [2.05, 4.69) is 30.3 Å². The summed E-state index contributed by atoms with van der Waals surface area (Å²) in [5.74, 6) is 0.305. The first-order chi connectivity index (χ1) is 12.7. The predicted molar refractivity (Wildman–Crippen MR) is 110 cm³/mol. The number of pyridine rings is 1. The zero-order valence-corrected chi connectivity index (χ0v) is 18.5. The van der Waals surface area contributed by atoms with Crippen LogP contribution in [-0.2, 0) is 22.7 Å². The van der Waals surface area contributed by atoms with E-state index >= 15 is 0 Å². The van der Waals surface area contributed by atoms with Crippen LogP contribution in [0.1, 0.15) is 10.7 Å². The van der Waals surface area contributed by atoms with Crippen molar-refractivity contribution in [2.75, 3.05) is 20.1 Å². The molecule has 0 unspecified atom stereocenters. The second kappa shape index (κ2) is 10.9. The largest absolute Gasteiger partial charge is 0.434 e. The molecule has 2 aromatic heterocycles. The highest BCUT2D eigenvalue weighted by atomic mass is 127. The molecule has 0 saturated heterocycles. The molecule has 0 spiro atoms. The van der Waals surface area contributed by atoms with Crippen LogP contribution in [0.3, 0.4) is 0 Å². The summed E-state index contributed by atoms with van der Waals surface area (Å²) < 4.78 is 64.0. The van der Waals surface area contributed by atoms with Crippen LogP contribution in [-0.4, -0.2) is 44.5 Å². The average Bonchev–Trinajstić information content (AvgIpc) is 3.11. The summed E-state index contributed by atoms with van der Waals surface area (Å²) in [7, 11) is -2.17. The van der Waals surface area contributed by atoms with Gasteiger partial charge in [-0.3, -0.25) is 9.98 Å². The lowest BCUT2D eigenvalue weighted by Crippen LogP contribution is -2.41. The molecule has 2 rings (SSSR count). The molecule has 14 heteroatoms. The second-order valence-corrected chi connectivity index (χ2v) is 7.77. The van der Waals surface area contributed by atoms with Gasteiger partial charge in [0.2, 0.25) is 10.0 Å². The van der Waals surface area contributed by atoms with Crippen molar-refractivity contribution in [2.24, 2.45) is 4.99 Å². The number of hydrogen-bond acceptors (Lipinski definition) is 6. The standard InChI is InChI=1S/C14H17F3N6O2S2.HI/c1-18-13(21-8-12-23-11(9-26-12)14(15,16)17)20-5-6-22-27(24,25)10-3-2-4-19-7-10;/h2-4,7,9,22H,5-6,8H2,1H3,(H2,18,20,21);1H. The predicted octanol–water partition coefficient (Wildman–Crippen LogP) is 1.82. The third kappa shape index (κ3) is 7.48. The van der Waals surface area contributed by atoms with Crippen molar-refractivity contribution in [2.45, 2.75) is 17.6 Å². The molecule has 0 amide bonds. The summed E-state index contributed by atoms with van der Waals surface area (Å²) in [5, 5.41) is 6.86. The molecule has 28 heavy (non-hydrogen) atoms. The third-order valence-corrected chi connectivity index (χ3v) is 5.42. The van der Waals surface area contributed by atoms with E-state index in [1.807, 2.05) is 0 Å². The number of halogens is 4. The van der Waals surface area contributed by atoms with E-state index < -0.39 is 21.9 Å². The summed E-state index contributed by atoms with van der Waals surface area (Å²) in [6.45, 7) is 0.347. The number of sulfonamides is 1. The maximum absolute atomic E-state index is 12.5. The van der Waals surface area contributed by atoms with Gasteiger partial charge in [0.05, 0.1) is 6.54 Å². The van der Waals surface area contributed by atoms with Gasteiger partial charge in [-0.2, -0.15) is 13.2 Å². The minimum atomic E-state index is -4.47. The highest BCUT2D eigenvalue weighted by molar-refractivity contribution is 14.0. The molecule has 0 radical (unpaired) electrons. The smallest absolute Gasteiger partial charge is 0.355 e. The first-order valence-corrected chi connectivity index (χ1v) is 9.94. The molecule has 3 N–H and O–H groups in total. The Morgan fingerprint density at radius 3 is 2.61 bits per heavy atom. The van der Waals surface area contributed by atoms with Crippen molar-refractivity contribution in [3.63, 3.8) is 0 Å². The van der Waals surface area contributed by atoms with Crippen LogP contribution >= 0.6 is 35.3 Å². The lowest BCUT2D eigenvalue weighted by atomic mass is 10.5. The Labute approximate surface area is 181 Å². The number of aromatic nitrogens is 2. The van der Waals surface area contributed by atoms with E-state index in [-0.39, 0.29) is 53.5 Å². The summed E-state index contributed by atoms with van der Waals surface area (Å²) in [4.78, 5) is 11.2. The van der Waals surface area contributed by atoms with Gasteiger partial charge in [-0.05, 0) is 12.1 Å². The van der Waals surface area contributed by atoms with E-state index in [1.165, 1.54) is 31.6 Å². The normalized spacial score (nSPS) is 12.4. The Morgan fingerprint density at radius 2 is 2.04 bits per heavy atom. The van der Waals surface area contributed by atoms with E-state index in [0.29, 0.717) is 5.96 Å². The first kappa shape index (κ1) is 24.5. The monoisotopic (exact) mass is 550 g/mol. The van der Waals surface area contributed by atoms with Gasteiger partial charge in [-0.15, -0.1) is 35.3 Å². The molecular formula is C14H18F3IN6O2S2. The van der Waals surface area contributed by atoms with Gasteiger partial charge >= 0.3 is 6.18 Å². The molecule has 0 atom stereocenters. The van der Waals surface area contributed by atoms with Crippen LogP contribution in [0.4, 0.5) is 13.2 Å². The molecular weight excluding hydrogens is 532 g/mol. The second-order valence-electron chi connectivity index (χ2n) is 5.06. The van der Waals surface area contributed by atoms with Crippen molar-refractivity contribution < 1.29 is 21.6 Å². The molecule has 0 fully saturated rings. The van der Waals surface area contributed by atoms with Crippen molar-refractivity contribution >= 4 is 51.3 Å². The lowest BCUT2D eigenvalue weighted by Gasteiger charge is -2.11. The van der Waals surface area contributed by atoms with Crippen LogP contribution in [0.25, 0.3) is 0 Å². The van der Waals surface area contributed by atoms with Gasteiger partial charge in [0.15, 0.2) is 11.7 Å². The zero-order chi connectivity index (χ0) is 19.9. The number of guanidine groups is 1. The average molecular weight is 550 g/mol. The van der Waals surface area contributed by atoms with E-state index in [4.69, 9.17) is 0 Å². The Hall–Kier alpha value is -1.52. The number of aliphatic imine (C=N–C) groups is 1. The highest BCUT2D eigenvalue weighted by Crippen LogP contribution is 2.29. The maximum atomic E-state index is 12.5. The van der Waals surface area contributed by atoms with Gasteiger partial charge in [-0.1, -0.05) is 0 Å². The van der Waals surface area contributed by atoms with Crippen LogP contribution in [0.15, 0.2) is 39.8 Å². The minimum absolute atomic E-state index is 0. The molecule has 0 bridgehead atoms. The lowest BCUT2D eigenvalue weighted by molar-refractivity contribution is -0.140. The van der Waals surface area contributed by atoms with E-state index in [9.17, 15) is 21.6 Å². The number of thiazole rings is 1. The topological polar surface area (TPSA) is 108 Å². The van der Waals surface area contributed by atoms with Crippen LogP contribution in [0, 0.1) is 0 Å². The number of alkyl halides is 3. The van der Waals surface area contributed by atoms with Crippen molar-refractivity contribution in [1.82, 2.24) is 25.3 Å². The van der Waals surface area contributed by atoms with Gasteiger partial charge in [0, 0.05) is 37.9 Å². The molecule has 0 aliphatic rings. The van der Waals surface area contributed by atoms with Crippen LogP contribution < -0.4 is 15.4 Å². The minimum Gasteiger partial charge on any atom is -0.355 e. The fourth-order valence-electron chi connectivity index (χ4n) is 1.86. The number of nitrogens with zero attached hydrogens (tertiary/aromatic N) is 3. The molecule has 2 heterocycles. The SMILES string of the molecule is CN=C(NCCNS(=O)(=O)c1cccnc1)NCc1nc(C(F)(F)F)cs1.I. The highest BCUT2D eigenvalue weighted by Gasteiger charge is 2.33. The Balaban J connectivity index is 0.00000392. The van der Waals surface area contributed by atoms with Gasteiger partial charge < -0.3 is 10.6 Å². The molecule has 0 aromatic carbocycles. The molecule has 0 saturated carbocycles. The van der Waals surface area contributed by atoms with E-state index in [0.717, 1.165) is 16.7 Å². The van der Waals surface area contributed by atoms with Gasteiger partial charge in [-0.25, -0.2) is 18.1 Å². The van der Waals surface area contributed by atoms with Crippen LogP contribution in [0.2, 0.25) is 0 Å². The Morgan fingerprint density at radius 1 is 1.29 bits per heavy atom. The Bertz CT molecular complexity index is 875. The van der Waals surface area contributed by atoms with Crippen LogP contribution in [0.5, 0.6) is 0 Å². The number of hydrogen-bond donors (Lipinski definition) is 3. The third-order valence-electron chi connectivity index (χ3n) is 3.13. The van der Waals surface area contributed by atoms with Crippen molar-refractivity contribution in [3.05, 3.63) is 40.6 Å². The summed E-state index contributed by atoms with van der Waals surface area (Å²) in [6.07, 6.45) is -1.77. The summed E-state index contributed by atoms with van der Waals surface area (Å²) in [5.41, 5.74) is -0.933. The molecule has 2 aromatic rings. The first-order valence-electron chi connectivity index (χ1n) is 7.58. The van der Waals surface area contributed by atoms with Gasteiger partial charge in [0.1, 0.15) is 9.90 Å². The van der Waals surface area contributed by atoms with Crippen molar-refractivity contribution in [3.8, 4) is 0 Å². The van der Waals surface area contributed by atoms with Gasteiger partial charge in [0.25, 0.3) is 0 Å². The zero-order valence-electron chi connectivity index (χ0n) is 14.5.